The first-order valence-corrected chi connectivity index (χ1v) is 12.3. The average Bonchev–Trinajstić information content (AvgIpc) is 3.35. The molecule has 3 aromatic carbocycles. The molecule has 2 heterocycles. The van der Waals surface area contributed by atoms with Crippen molar-refractivity contribution >= 4 is 29.3 Å². The summed E-state index contributed by atoms with van der Waals surface area (Å²) in [6.45, 7) is 4.49. The highest BCUT2D eigenvalue weighted by molar-refractivity contribution is 7.99. The van der Waals surface area contributed by atoms with Gasteiger partial charge in [0, 0.05) is 27.5 Å². The fourth-order valence-corrected chi connectivity index (χ4v) is 5.09. The maximum absolute atomic E-state index is 13.3. The molecule has 0 aliphatic carbocycles. The van der Waals surface area contributed by atoms with Crippen LogP contribution in [0.4, 0.5) is 5.69 Å². The molecular formula is C27H24N4O3S. The predicted octanol–water partition coefficient (Wildman–Crippen LogP) is 5.75. The summed E-state index contributed by atoms with van der Waals surface area (Å²) < 4.78 is 5.47. The molecule has 7 nitrogen and oxygen atoms in total. The topological polar surface area (TPSA) is 88.3 Å². The fraction of sp³-hybridized carbons (Fsp3) is 0.185. The molecule has 0 saturated heterocycles. The standard InChI is InChI=1S/C27H24N4O3S/c1-3-15-31-21-14-13-19(16-23(21)35-22-12-8-7-11-20(22)27(31)33)24-29-26(34-30-24)17(2)28-25(32)18-9-5-4-6-10-18/h4-14,16-17H,3,15H2,1-2H3,(H,28,32). The first-order chi connectivity index (χ1) is 17.0. The Morgan fingerprint density at radius 2 is 1.83 bits per heavy atom. The molecular weight excluding hydrogens is 460 g/mol. The third-order valence-electron chi connectivity index (χ3n) is 5.73. The van der Waals surface area contributed by atoms with Gasteiger partial charge in [-0.2, -0.15) is 4.98 Å². The molecule has 2 amide bonds. The van der Waals surface area contributed by atoms with Crippen LogP contribution in [0.1, 0.15) is 52.9 Å². The Morgan fingerprint density at radius 3 is 2.63 bits per heavy atom. The van der Waals surface area contributed by atoms with Crippen LogP contribution in [-0.2, 0) is 0 Å². The van der Waals surface area contributed by atoms with E-state index in [2.05, 4.69) is 22.4 Å². The van der Waals surface area contributed by atoms with Crippen molar-refractivity contribution in [2.24, 2.45) is 0 Å². The van der Waals surface area contributed by atoms with Gasteiger partial charge in [-0.25, -0.2) is 0 Å². The van der Waals surface area contributed by atoms with E-state index in [-0.39, 0.29) is 11.8 Å². The molecule has 0 bridgehead atoms. The van der Waals surface area contributed by atoms with Gasteiger partial charge in [-0.3, -0.25) is 9.59 Å². The molecule has 0 spiro atoms. The molecule has 1 atom stereocenters. The normalized spacial score (nSPS) is 13.5. The largest absolute Gasteiger partial charge is 0.341 e. The first kappa shape index (κ1) is 22.9. The molecule has 4 aromatic rings. The van der Waals surface area contributed by atoms with Crippen molar-refractivity contribution in [1.82, 2.24) is 15.5 Å². The van der Waals surface area contributed by atoms with E-state index < -0.39 is 6.04 Å². The number of nitrogens with zero attached hydrogens (tertiary/aromatic N) is 3. The number of benzene rings is 3. The Hall–Kier alpha value is -3.91. The van der Waals surface area contributed by atoms with Crippen LogP contribution in [0.15, 0.2) is 87.1 Å². The van der Waals surface area contributed by atoms with Crippen molar-refractivity contribution in [3.05, 3.63) is 89.8 Å². The van der Waals surface area contributed by atoms with Gasteiger partial charge in [0.1, 0.15) is 6.04 Å². The lowest BCUT2D eigenvalue weighted by Gasteiger charge is -2.22. The lowest BCUT2D eigenvalue weighted by Crippen LogP contribution is -2.31. The van der Waals surface area contributed by atoms with Gasteiger partial charge < -0.3 is 14.7 Å². The zero-order chi connectivity index (χ0) is 24.4. The summed E-state index contributed by atoms with van der Waals surface area (Å²) in [4.78, 5) is 34.0. The Morgan fingerprint density at radius 1 is 1.06 bits per heavy atom. The number of nitrogens with one attached hydrogen (secondary N) is 1. The average molecular weight is 485 g/mol. The summed E-state index contributed by atoms with van der Waals surface area (Å²) in [5.74, 6) is 0.542. The molecule has 5 rings (SSSR count). The van der Waals surface area contributed by atoms with Crippen molar-refractivity contribution in [2.45, 2.75) is 36.1 Å². The van der Waals surface area contributed by atoms with Crippen molar-refractivity contribution < 1.29 is 14.1 Å². The summed E-state index contributed by atoms with van der Waals surface area (Å²) in [7, 11) is 0. The van der Waals surface area contributed by atoms with E-state index in [1.54, 1.807) is 30.8 Å². The van der Waals surface area contributed by atoms with Crippen LogP contribution >= 0.6 is 11.8 Å². The fourth-order valence-electron chi connectivity index (χ4n) is 3.97. The number of hydrogen-bond donors (Lipinski definition) is 1. The summed E-state index contributed by atoms with van der Waals surface area (Å²) in [5, 5.41) is 7.03. The van der Waals surface area contributed by atoms with Crippen LogP contribution in [0, 0.1) is 0 Å². The highest BCUT2D eigenvalue weighted by atomic mass is 32.2. The van der Waals surface area contributed by atoms with Crippen LogP contribution in [-0.4, -0.2) is 28.5 Å². The maximum Gasteiger partial charge on any atom is 0.259 e. The minimum absolute atomic E-state index is 0.00581. The second-order valence-electron chi connectivity index (χ2n) is 8.25. The van der Waals surface area contributed by atoms with Gasteiger partial charge in [0.25, 0.3) is 11.8 Å². The molecule has 8 heteroatoms. The first-order valence-electron chi connectivity index (χ1n) is 11.5. The Bertz CT molecular complexity index is 1390. The van der Waals surface area contributed by atoms with Crippen LogP contribution < -0.4 is 10.2 Å². The number of carbonyl (C=O) groups is 2. The molecule has 1 aliphatic heterocycles. The van der Waals surface area contributed by atoms with Gasteiger partial charge in [0.05, 0.1) is 11.3 Å². The highest BCUT2D eigenvalue weighted by Crippen LogP contribution is 2.42. The molecule has 0 saturated carbocycles. The molecule has 1 aromatic heterocycles. The van der Waals surface area contributed by atoms with E-state index in [4.69, 9.17) is 4.52 Å². The molecule has 0 radical (unpaired) electrons. The summed E-state index contributed by atoms with van der Waals surface area (Å²) in [5.41, 5.74) is 2.91. The monoisotopic (exact) mass is 484 g/mol. The van der Waals surface area contributed by atoms with Gasteiger partial charge in [0.2, 0.25) is 11.7 Å². The number of aromatic nitrogens is 2. The number of hydrogen-bond acceptors (Lipinski definition) is 6. The molecule has 176 valence electrons. The summed E-state index contributed by atoms with van der Waals surface area (Å²) in [6.07, 6.45) is 0.848. The predicted molar refractivity (Wildman–Crippen MR) is 135 cm³/mol. The van der Waals surface area contributed by atoms with E-state index in [0.29, 0.717) is 29.4 Å². The molecule has 35 heavy (non-hydrogen) atoms. The molecule has 1 unspecified atom stereocenters. The van der Waals surface area contributed by atoms with Crippen molar-refractivity contribution in [3.63, 3.8) is 0 Å². The van der Waals surface area contributed by atoms with Gasteiger partial charge >= 0.3 is 0 Å². The van der Waals surface area contributed by atoms with Crippen molar-refractivity contribution in [1.29, 1.82) is 0 Å². The van der Waals surface area contributed by atoms with E-state index in [0.717, 1.165) is 27.5 Å². The second-order valence-corrected chi connectivity index (χ2v) is 9.34. The minimum atomic E-state index is -0.455. The number of rotatable bonds is 6. The lowest BCUT2D eigenvalue weighted by molar-refractivity contribution is 0.0931. The third-order valence-corrected chi connectivity index (χ3v) is 6.86. The second kappa shape index (κ2) is 9.76. The number of amides is 2. The minimum Gasteiger partial charge on any atom is -0.341 e. The number of anilines is 1. The zero-order valence-electron chi connectivity index (χ0n) is 19.4. The summed E-state index contributed by atoms with van der Waals surface area (Å²) in [6, 6.07) is 22.0. The van der Waals surface area contributed by atoms with Crippen molar-refractivity contribution in [2.75, 3.05) is 11.4 Å². The molecule has 1 N–H and O–H groups in total. The number of fused-ring (bicyclic) bond motifs is 2. The van der Waals surface area contributed by atoms with Gasteiger partial charge in [0.15, 0.2) is 0 Å². The number of carbonyl (C=O) groups excluding carboxylic acids is 2. The lowest BCUT2D eigenvalue weighted by atomic mass is 10.1. The molecule has 0 fully saturated rings. The SMILES string of the molecule is CCCN1C(=O)c2ccccc2Sc2cc(-c3noc(C(C)NC(=O)c4ccccc4)n3)ccc21. The van der Waals surface area contributed by atoms with E-state index in [1.165, 1.54) is 0 Å². The highest BCUT2D eigenvalue weighted by Gasteiger charge is 2.27. The van der Waals surface area contributed by atoms with E-state index in [1.807, 2.05) is 65.6 Å². The van der Waals surface area contributed by atoms with Crippen LogP contribution in [0.25, 0.3) is 11.4 Å². The van der Waals surface area contributed by atoms with Gasteiger partial charge in [-0.05, 0) is 55.8 Å². The third kappa shape index (κ3) is 4.57. The van der Waals surface area contributed by atoms with Crippen LogP contribution in [0.3, 0.4) is 0 Å². The quantitative estimate of drug-likeness (QED) is 0.375. The Balaban J connectivity index is 1.42. The van der Waals surface area contributed by atoms with Crippen molar-refractivity contribution in [3.8, 4) is 11.4 Å². The molecule has 1 aliphatic rings. The van der Waals surface area contributed by atoms with E-state index >= 15 is 0 Å². The smallest absolute Gasteiger partial charge is 0.259 e. The van der Waals surface area contributed by atoms with Crippen LogP contribution in [0.5, 0.6) is 0 Å². The maximum atomic E-state index is 13.3. The zero-order valence-corrected chi connectivity index (χ0v) is 20.2. The Labute approximate surface area is 207 Å². The van der Waals surface area contributed by atoms with Crippen LogP contribution in [0.2, 0.25) is 0 Å². The van der Waals surface area contributed by atoms with Gasteiger partial charge in [-0.15, -0.1) is 0 Å². The van der Waals surface area contributed by atoms with Gasteiger partial charge in [-0.1, -0.05) is 54.2 Å². The Kier molecular flexibility index (Phi) is 6.37. The van der Waals surface area contributed by atoms with E-state index in [9.17, 15) is 9.59 Å². The summed E-state index contributed by atoms with van der Waals surface area (Å²) >= 11 is 1.56.